The highest BCUT2D eigenvalue weighted by molar-refractivity contribution is 5.78. The molecule has 0 saturated heterocycles. The highest BCUT2D eigenvalue weighted by Gasteiger charge is 2.24. The third-order valence-corrected chi connectivity index (χ3v) is 4.58. The van der Waals surface area contributed by atoms with Crippen LogP contribution < -0.4 is 5.32 Å². The molecule has 0 spiro atoms. The van der Waals surface area contributed by atoms with E-state index in [1.54, 1.807) is 0 Å². The number of amides is 1. The molecule has 1 N–H and O–H groups in total. The molecule has 110 valence electrons. The Balaban J connectivity index is 1.49. The Bertz CT molecular complexity index is 446. The lowest BCUT2D eigenvalue weighted by Crippen LogP contribution is -2.31. The Labute approximate surface area is 119 Å². The van der Waals surface area contributed by atoms with Crippen LogP contribution in [-0.4, -0.2) is 16.0 Å². The van der Waals surface area contributed by atoms with E-state index in [4.69, 9.17) is 4.52 Å². The van der Waals surface area contributed by atoms with Gasteiger partial charge in [0.05, 0.1) is 6.54 Å². The van der Waals surface area contributed by atoms with Crippen LogP contribution in [0.1, 0.15) is 75.4 Å². The summed E-state index contributed by atoms with van der Waals surface area (Å²) in [6.45, 7) is 0.394. The fourth-order valence-electron chi connectivity index (χ4n) is 3.35. The lowest BCUT2D eigenvalue weighted by molar-refractivity contribution is -0.126. The molecule has 0 atom stereocenters. The van der Waals surface area contributed by atoms with E-state index < -0.39 is 0 Å². The predicted molar refractivity (Wildman–Crippen MR) is 73.9 cm³/mol. The quantitative estimate of drug-likeness (QED) is 0.918. The maximum atomic E-state index is 12.0. The summed E-state index contributed by atoms with van der Waals surface area (Å²) in [6.07, 6.45) is 10.4. The molecule has 1 amide bonds. The van der Waals surface area contributed by atoms with Crippen molar-refractivity contribution in [1.29, 1.82) is 0 Å². The minimum absolute atomic E-state index is 0.150. The van der Waals surface area contributed by atoms with E-state index in [-0.39, 0.29) is 11.8 Å². The van der Waals surface area contributed by atoms with Crippen LogP contribution in [0.15, 0.2) is 4.52 Å². The lowest BCUT2D eigenvalue weighted by Gasteiger charge is -2.20. The molecule has 20 heavy (non-hydrogen) atoms. The second-order valence-electron chi connectivity index (χ2n) is 6.08. The third-order valence-electron chi connectivity index (χ3n) is 4.58. The van der Waals surface area contributed by atoms with Gasteiger partial charge in [0.1, 0.15) is 0 Å². The second kappa shape index (κ2) is 6.37. The van der Waals surface area contributed by atoms with Gasteiger partial charge in [-0.2, -0.15) is 4.98 Å². The summed E-state index contributed by atoms with van der Waals surface area (Å²) in [5.41, 5.74) is 0. The van der Waals surface area contributed by atoms with Gasteiger partial charge in [0.15, 0.2) is 5.82 Å². The van der Waals surface area contributed by atoms with E-state index in [1.807, 2.05) is 0 Å². The normalized spacial score (nSPS) is 21.2. The number of nitrogens with zero attached hydrogens (tertiary/aromatic N) is 2. The number of hydrogen-bond acceptors (Lipinski definition) is 4. The minimum atomic E-state index is 0.150. The van der Waals surface area contributed by atoms with Gasteiger partial charge in [-0.05, 0) is 25.7 Å². The van der Waals surface area contributed by atoms with Crippen LogP contribution in [0, 0.1) is 5.92 Å². The van der Waals surface area contributed by atoms with Gasteiger partial charge in [0.25, 0.3) is 0 Å². The SMILES string of the molecule is O=C(NCc1noc(C2CCCC2)n1)C1CCCCC1. The predicted octanol–water partition coefficient (Wildman–Crippen LogP) is 2.92. The van der Waals surface area contributed by atoms with Gasteiger partial charge in [-0.1, -0.05) is 37.3 Å². The van der Waals surface area contributed by atoms with Crippen LogP contribution in [-0.2, 0) is 11.3 Å². The van der Waals surface area contributed by atoms with Crippen molar-refractivity contribution in [2.45, 2.75) is 70.3 Å². The van der Waals surface area contributed by atoms with Crippen molar-refractivity contribution in [2.24, 2.45) is 5.92 Å². The Morgan fingerprint density at radius 3 is 2.55 bits per heavy atom. The zero-order chi connectivity index (χ0) is 13.8. The molecular formula is C15H23N3O2. The topological polar surface area (TPSA) is 68.0 Å². The molecule has 0 bridgehead atoms. The highest BCUT2D eigenvalue weighted by Crippen LogP contribution is 2.32. The summed E-state index contributed by atoms with van der Waals surface area (Å²) < 4.78 is 5.31. The molecule has 2 aliphatic carbocycles. The first kappa shape index (κ1) is 13.6. The smallest absolute Gasteiger partial charge is 0.229 e. The van der Waals surface area contributed by atoms with Crippen LogP contribution >= 0.6 is 0 Å². The van der Waals surface area contributed by atoms with Crippen molar-refractivity contribution in [3.8, 4) is 0 Å². The van der Waals surface area contributed by atoms with Crippen molar-refractivity contribution in [3.63, 3.8) is 0 Å². The molecule has 2 aliphatic rings. The number of aromatic nitrogens is 2. The first-order chi connectivity index (χ1) is 9.83. The molecule has 0 radical (unpaired) electrons. The number of rotatable bonds is 4. The maximum Gasteiger partial charge on any atom is 0.229 e. The van der Waals surface area contributed by atoms with E-state index in [0.29, 0.717) is 18.3 Å². The highest BCUT2D eigenvalue weighted by atomic mass is 16.5. The summed E-state index contributed by atoms with van der Waals surface area (Å²) in [7, 11) is 0. The van der Waals surface area contributed by atoms with Crippen LogP contribution in [0.5, 0.6) is 0 Å². The van der Waals surface area contributed by atoms with Gasteiger partial charge in [-0.3, -0.25) is 4.79 Å². The molecule has 0 unspecified atom stereocenters. The van der Waals surface area contributed by atoms with Crippen molar-refractivity contribution >= 4 is 5.91 Å². The third kappa shape index (κ3) is 3.19. The first-order valence-corrected chi connectivity index (χ1v) is 7.93. The summed E-state index contributed by atoms with van der Waals surface area (Å²) in [4.78, 5) is 16.5. The molecule has 2 fully saturated rings. The zero-order valence-electron chi connectivity index (χ0n) is 11.9. The summed E-state index contributed by atoms with van der Waals surface area (Å²) in [5, 5.41) is 6.93. The summed E-state index contributed by atoms with van der Waals surface area (Å²) in [5.74, 6) is 2.13. The Hall–Kier alpha value is -1.39. The monoisotopic (exact) mass is 277 g/mol. The van der Waals surface area contributed by atoms with Gasteiger partial charge in [-0.25, -0.2) is 0 Å². The zero-order valence-corrected chi connectivity index (χ0v) is 11.9. The van der Waals surface area contributed by atoms with Crippen LogP contribution in [0.4, 0.5) is 0 Å². The first-order valence-electron chi connectivity index (χ1n) is 7.93. The molecule has 2 saturated carbocycles. The average molecular weight is 277 g/mol. The van der Waals surface area contributed by atoms with Crippen LogP contribution in [0.3, 0.4) is 0 Å². The van der Waals surface area contributed by atoms with Crippen LogP contribution in [0.2, 0.25) is 0 Å². The van der Waals surface area contributed by atoms with Crippen LogP contribution in [0.25, 0.3) is 0 Å². The summed E-state index contributed by atoms with van der Waals surface area (Å²) in [6, 6.07) is 0. The van der Waals surface area contributed by atoms with Crippen molar-refractivity contribution in [3.05, 3.63) is 11.7 Å². The molecular weight excluding hydrogens is 254 g/mol. The van der Waals surface area contributed by atoms with E-state index in [2.05, 4.69) is 15.5 Å². The maximum absolute atomic E-state index is 12.0. The largest absolute Gasteiger partial charge is 0.348 e. The number of carbonyl (C=O) groups excluding carboxylic acids is 1. The van der Waals surface area contributed by atoms with Gasteiger partial charge in [-0.15, -0.1) is 0 Å². The van der Waals surface area contributed by atoms with Crippen molar-refractivity contribution in [1.82, 2.24) is 15.5 Å². The molecule has 1 aromatic rings. The number of carbonyl (C=O) groups is 1. The fourth-order valence-corrected chi connectivity index (χ4v) is 3.35. The van der Waals surface area contributed by atoms with Crippen molar-refractivity contribution < 1.29 is 9.32 Å². The van der Waals surface area contributed by atoms with E-state index >= 15 is 0 Å². The molecule has 5 nitrogen and oxygen atoms in total. The Morgan fingerprint density at radius 2 is 1.80 bits per heavy atom. The van der Waals surface area contributed by atoms with Gasteiger partial charge < -0.3 is 9.84 Å². The number of hydrogen-bond donors (Lipinski definition) is 1. The lowest BCUT2D eigenvalue weighted by atomic mass is 9.89. The van der Waals surface area contributed by atoms with Gasteiger partial charge >= 0.3 is 0 Å². The minimum Gasteiger partial charge on any atom is -0.348 e. The molecule has 5 heteroatoms. The van der Waals surface area contributed by atoms with E-state index in [0.717, 1.165) is 31.6 Å². The van der Waals surface area contributed by atoms with Crippen molar-refractivity contribution in [2.75, 3.05) is 0 Å². The molecule has 0 aromatic carbocycles. The molecule has 1 aromatic heterocycles. The average Bonchev–Trinajstić information content (AvgIpc) is 3.16. The summed E-state index contributed by atoms with van der Waals surface area (Å²) >= 11 is 0. The Kier molecular flexibility index (Phi) is 4.33. The van der Waals surface area contributed by atoms with Gasteiger partial charge in [0, 0.05) is 11.8 Å². The molecule has 3 rings (SSSR count). The fraction of sp³-hybridized carbons (Fsp3) is 0.800. The Morgan fingerprint density at radius 1 is 1.10 bits per heavy atom. The number of nitrogens with one attached hydrogen (secondary N) is 1. The van der Waals surface area contributed by atoms with Gasteiger partial charge in [0.2, 0.25) is 11.8 Å². The standard InChI is InChI=1S/C15H23N3O2/c19-14(11-6-2-1-3-7-11)16-10-13-17-15(20-18-13)12-8-4-5-9-12/h11-12H,1-10H2,(H,16,19). The van der Waals surface area contributed by atoms with E-state index in [9.17, 15) is 4.79 Å². The molecule has 0 aliphatic heterocycles. The van der Waals surface area contributed by atoms with E-state index in [1.165, 1.54) is 32.1 Å². The molecule has 1 heterocycles. The second-order valence-corrected chi connectivity index (χ2v) is 6.08.